The van der Waals surface area contributed by atoms with Crippen LogP contribution in [0, 0.1) is 11.7 Å². The van der Waals surface area contributed by atoms with Gasteiger partial charge in [0.1, 0.15) is 16.9 Å². The van der Waals surface area contributed by atoms with E-state index in [0.717, 1.165) is 6.07 Å². The average molecular weight is 423 g/mol. The highest BCUT2D eigenvalue weighted by Gasteiger charge is 2.30. The summed E-state index contributed by atoms with van der Waals surface area (Å²) in [4.78, 5) is 21.3. The average Bonchev–Trinajstić information content (AvgIpc) is 3.01. The summed E-state index contributed by atoms with van der Waals surface area (Å²) in [5.41, 5.74) is -0.498. The van der Waals surface area contributed by atoms with Crippen molar-refractivity contribution in [3.63, 3.8) is 0 Å². The molecule has 2 heterocycles. The topological polar surface area (TPSA) is 87.0 Å². The zero-order valence-electron chi connectivity index (χ0n) is 17.4. The Balaban J connectivity index is 2.29. The number of H-pyrrole nitrogens is 1. The fourth-order valence-electron chi connectivity index (χ4n) is 3.43. The molecule has 10 heteroatoms. The van der Waals surface area contributed by atoms with Crippen molar-refractivity contribution in [2.45, 2.75) is 39.3 Å². The van der Waals surface area contributed by atoms with Crippen LogP contribution in [0.15, 0.2) is 23.0 Å². The van der Waals surface area contributed by atoms with Crippen LogP contribution in [0.4, 0.5) is 19.1 Å². The molecule has 3 aromatic rings. The molecular weight excluding hydrogens is 399 g/mol. The monoisotopic (exact) mass is 423 g/mol. The third kappa shape index (κ3) is 3.79. The molecule has 1 atom stereocenters. The van der Waals surface area contributed by atoms with Crippen LogP contribution in [0.3, 0.4) is 0 Å². The lowest BCUT2D eigenvalue weighted by Gasteiger charge is -2.24. The molecule has 162 valence electrons. The molecule has 0 aliphatic rings. The van der Waals surface area contributed by atoms with Gasteiger partial charge in [0, 0.05) is 32.1 Å². The molecule has 1 aromatic carbocycles. The number of alkyl halides is 2. The van der Waals surface area contributed by atoms with E-state index in [1.165, 1.54) is 16.8 Å². The highest BCUT2D eigenvalue weighted by Crippen LogP contribution is 2.34. The van der Waals surface area contributed by atoms with E-state index in [1.54, 1.807) is 19.0 Å². The molecule has 0 fully saturated rings. The maximum Gasteiger partial charge on any atom is 0.270 e. The number of aliphatic hydroxyl groups excluding tert-OH is 1. The van der Waals surface area contributed by atoms with Crippen molar-refractivity contribution >= 4 is 17.0 Å². The maximum atomic E-state index is 14.9. The number of hydrogen-bond donors (Lipinski definition) is 2. The number of nitrogens with zero attached hydrogens (tertiary/aromatic N) is 4. The summed E-state index contributed by atoms with van der Waals surface area (Å²) in [6.07, 6.45) is 0. The summed E-state index contributed by atoms with van der Waals surface area (Å²) in [6, 6.07) is 2.56. The lowest BCUT2D eigenvalue weighted by Crippen LogP contribution is -2.23. The van der Waals surface area contributed by atoms with Crippen molar-refractivity contribution < 1.29 is 18.3 Å². The number of nitrogens with one attached hydrogen (secondary N) is 1. The summed E-state index contributed by atoms with van der Waals surface area (Å²) in [6.45, 7) is 3.83. The van der Waals surface area contributed by atoms with Crippen LogP contribution in [0.5, 0.6) is 0 Å². The number of aromatic nitrogens is 4. The molecule has 2 aromatic heterocycles. The lowest BCUT2D eigenvalue weighted by molar-refractivity contribution is 0.0171. The van der Waals surface area contributed by atoms with Crippen LogP contribution in [0.2, 0.25) is 0 Å². The summed E-state index contributed by atoms with van der Waals surface area (Å²) < 4.78 is 43.5. The first-order valence-corrected chi connectivity index (χ1v) is 9.43. The van der Waals surface area contributed by atoms with Crippen molar-refractivity contribution in [3.8, 4) is 0 Å². The third-order valence-electron chi connectivity index (χ3n) is 4.92. The summed E-state index contributed by atoms with van der Waals surface area (Å²) in [5.74, 6) is -3.95. The second-order valence-electron chi connectivity index (χ2n) is 7.85. The van der Waals surface area contributed by atoms with Crippen molar-refractivity contribution in [3.05, 3.63) is 51.2 Å². The molecule has 0 unspecified atom stereocenters. The normalized spacial score (nSPS) is 13.3. The number of aliphatic hydroxyl groups is 1. The fourth-order valence-corrected chi connectivity index (χ4v) is 3.43. The minimum atomic E-state index is -3.18. The fraction of sp³-hybridized carbons (Fsp3) is 0.450. The Labute approximate surface area is 171 Å². The highest BCUT2D eigenvalue weighted by atomic mass is 19.3. The van der Waals surface area contributed by atoms with Gasteiger partial charge in [-0.05, 0) is 12.0 Å². The number of anilines is 1. The van der Waals surface area contributed by atoms with Gasteiger partial charge in [-0.3, -0.25) is 9.78 Å². The van der Waals surface area contributed by atoms with E-state index in [9.17, 15) is 23.1 Å². The van der Waals surface area contributed by atoms with E-state index in [-0.39, 0.29) is 34.2 Å². The molecule has 3 rings (SSSR count). The molecule has 0 aliphatic carbocycles. The van der Waals surface area contributed by atoms with Crippen molar-refractivity contribution in [2.75, 3.05) is 19.0 Å². The number of fused-ring (bicyclic) bond motifs is 1. The first kappa shape index (κ1) is 21.8. The molecule has 0 spiro atoms. The summed E-state index contributed by atoms with van der Waals surface area (Å²) in [7, 11) is 3.39. The van der Waals surface area contributed by atoms with Gasteiger partial charge in [-0.2, -0.15) is 10.1 Å². The molecule has 0 radical (unpaired) electrons. The lowest BCUT2D eigenvalue weighted by atomic mass is 9.94. The minimum Gasteiger partial charge on any atom is -0.390 e. The van der Waals surface area contributed by atoms with Crippen LogP contribution < -0.4 is 10.5 Å². The van der Waals surface area contributed by atoms with Gasteiger partial charge in [-0.15, -0.1) is 0 Å². The van der Waals surface area contributed by atoms with E-state index in [0.29, 0.717) is 6.92 Å². The Morgan fingerprint density at radius 2 is 1.97 bits per heavy atom. The predicted molar refractivity (Wildman–Crippen MR) is 107 cm³/mol. The van der Waals surface area contributed by atoms with Gasteiger partial charge in [-0.25, -0.2) is 17.9 Å². The van der Waals surface area contributed by atoms with Gasteiger partial charge >= 0.3 is 0 Å². The third-order valence-corrected chi connectivity index (χ3v) is 4.92. The molecular formula is C20H24F3N5O2. The number of benzene rings is 1. The number of hydrogen-bond acceptors (Lipinski definition) is 5. The smallest absolute Gasteiger partial charge is 0.270 e. The summed E-state index contributed by atoms with van der Waals surface area (Å²) >= 11 is 0. The Morgan fingerprint density at radius 3 is 2.47 bits per heavy atom. The van der Waals surface area contributed by atoms with E-state index in [1.807, 2.05) is 13.8 Å². The second-order valence-corrected chi connectivity index (χ2v) is 7.85. The van der Waals surface area contributed by atoms with E-state index in [4.69, 9.17) is 0 Å². The zero-order chi connectivity index (χ0) is 22.4. The summed E-state index contributed by atoms with van der Waals surface area (Å²) in [5, 5.41) is 14.1. The highest BCUT2D eigenvalue weighted by molar-refractivity contribution is 5.78. The van der Waals surface area contributed by atoms with E-state index in [2.05, 4.69) is 15.1 Å². The maximum absolute atomic E-state index is 14.9. The molecule has 0 saturated carbocycles. The molecule has 0 bridgehead atoms. The van der Waals surface area contributed by atoms with E-state index >= 15 is 0 Å². The van der Waals surface area contributed by atoms with E-state index < -0.39 is 35.5 Å². The molecule has 2 N–H and O–H groups in total. The van der Waals surface area contributed by atoms with Crippen molar-refractivity contribution in [1.82, 2.24) is 19.7 Å². The van der Waals surface area contributed by atoms with Gasteiger partial charge in [0.25, 0.3) is 11.5 Å². The van der Waals surface area contributed by atoms with Crippen LogP contribution in [-0.4, -0.2) is 39.0 Å². The van der Waals surface area contributed by atoms with Gasteiger partial charge < -0.3 is 10.0 Å². The molecule has 0 aliphatic heterocycles. The predicted octanol–water partition coefficient (Wildman–Crippen LogP) is 3.17. The molecule has 0 amide bonds. The van der Waals surface area contributed by atoms with Gasteiger partial charge in [0.05, 0.1) is 12.6 Å². The van der Waals surface area contributed by atoms with Crippen LogP contribution in [0.25, 0.3) is 11.0 Å². The first-order chi connectivity index (χ1) is 14.0. The molecule has 7 nitrogen and oxygen atoms in total. The standard InChI is InChI=1S/C20H24F3N5O2/c1-10(2)16(12-7-6-11(8-13(12)21)20(3,22)23)28-17-15(14(9-29)26-28)18(30)25-19(24-17)27(4)5/h6-8,10,16,29H,9H2,1-5H3,(H,24,25,30)/t16-/m1/s1. The largest absolute Gasteiger partial charge is 0.390 e. The van der Waals surface area contributed by atoms with Crippen LogP contribution >= 0.6 is 0 Å². The first-order valence-electron chi connectivity index (χ1n) is 9.43. The molecule has 30 heavy (non-hydrogen) atoms. The van der Waals surface area contributed by atoms with Crippen molar-refractivity contribution in [1.29, 1.82) is 0 Å². The van der Waals surface area contributed by atoms with Gasteiger partial charge in [-0.1, -0.05) is 26.0 Å². The minimum absolute atomic E-state index is 0.103. The Hall–Kier alpha value is -2.88. The number of aromatic amines is 1. The van der Waals surface area contributed by atoms with Crippen LogP contribution in [0.1, 0.15) is 43.6 Å². The van der Waals surface area contributed by atoms with Gasteiger partial charge in [0.15, 0.2) is 5.65 Å². The zero-order valence-corrected chi connectivity index (χ0v) is 17.4. The molecule has 0 saturated heterocycles. The number of rotatable bonds is 6. The Morgan fingerprint density at radius 1 is 1.30 bits per heavy atom. The second kappa shape index (κ2) is 7.75. The van der Waals surface area contributed by atoms with Crippen molar-refractivity contribution in [2.24, 2.45) is 5.92 Å². The Kier molecular flexibility index (Phi) is 5.64. The number of halogens is 3. The quantitative estimate of drug-likeness (QED) is 0.636. The van der Waals surface area contributed by atoms with Gasteiger partial charge in [0.2, 0.25) is 5.95 Å². The SMILES string of the molecule is CC(C)[C@H](c1ccc(C(C)(F)F)cc1F)n1nc(CO)c2c(=O)[nH]c(N(C)C)nc21. The Bertz CT molecular complexity index is 1130. The van der Waals surface area contributed by atoms with Crippen LogP contribution in [-0.2, 0) is 12.5 Å².